The quantitative estimate of drug-likeness (QED) is 0.371. The van der Waals surface area contributed by atoms with Gasteiger partial charge in [-0.25, -0.2) is 18.8 Å². The molecule has 0 saturated carbocycles. The van der Waals surface area contributed by atoms with E-state index in [0.717, 1.165) is 21.2 Å². The molecule has 6 heterocycles. The lowest BCUT2D eigenvalue weighted by atomic mass is 10.1. The lowest BCUT2D eigenvalue weighted by Gasteiger charge is -2.34. The zero-order valence-electron chi connectivity index (χ0n) is 29.0. The number of nitrogens with zero attached hydrogens (tertiary/aromatic N) is 4. The van der Waals surface area contributed by atoms with E-state index < -0.39 is 49.2 Å². The van der Waals surface area contributed by atoms with Crippen molar-refractivity contribution >= 4 is 34.8 Å². The predicted molar refractivity (Wildman–Crippen MR) is 192 cm³/mol. The lowest BCUT2D eigenvalue weighted by molar-refractivity contribution is -0.0719. The van der Waals surface area contributed by atoms with Crippen molar-refractivity contribution in [3.63, 3.8) is 0 Å². The van der Waals surface area contributed by atoms with E-state index in [1.54, 1.807) is 30.0 Å². The monoisotopic (exact) mass is 738 g/mol. The summed E-state index contributed by atoms with van der Waals surface area (Å²) in [5.41, 5.74) is 1.81. The van der Waals surface area contributed by atoms with E-state index >= 15 is 0 Å². The molecule has 8 atom stereocenters. The van der Waals surface area contributed by atoms with E-state index in [9.17, 15) is 8.78 Å². The summed E-state index contributed by atoms with van der Waals surface area (Å²) in [6, 6.07) is 15.5. The van der Waals surface area contributed by atoms with Crippen LogP contribution < -0.4 is 15.4 Å². The van der Waals surface area contributed by atoms with Crippen LogP contribution in [0.1, 0.15) is 0 Å². The molecule has 2 fully saturated rings. The molecular weight excluding hydrogens is 698 g/mol. The van der Waals surface area contributed by atoms with Crippen LogP contribution in [-0.2, 0) is 28.4 Å². The summed E-state index contributed by atoms with van der Waals surface area (Å²) in [4.78, 5) is 14.1. The molecule has 0 spiro atoms. The minimum absolute atomic E-state index is 0.228. The molecule has 2 aromatic rings. The number of rotatable bonds is 8. The second-order valence-corrected chi connectivity index (χ2v) is 13.4. The summed E-state index contributed by atoms with van der Waals surface area (Å²) in [7, 11) is 6.02. The number of para-hydroxylation sites is 3. The van der Waals surface area contributed by atoms with Crippen LogP contribution in [0.15, 0.2) is 111 Å². The number of halogens is 2. The molecule has 6 aliphatic rings. The highest BCUT2D eigenvalue weighted by Crippen LogP contribution is 2.42. The van der Waals surface area contributed by atoms with Gasteiger partial charge in [0.25, 0.3) is 0 Å². The number of thioether (sulfide) groups is 1. The summed E-state index contributed by atoms with van der Waals surface area (Å²) >= 11 is 1.58. The van der Waals surface area contributed by atoms with Crippen molar-refractivity contribution in [1.82, 2.24) is 9.80 Å². The SMILES string of the molecule is C=C1N=C2Nc3ccccc3OC2=CN1[C@@H]1O[C@H](COC)C(OC)[C@@H]1F.C=C1N=C2Nc3ccccc3SC2=CN1[C@@H]1O[C@H](COC)C(OC)[C@@H]1F. The van der Waals surface area contributed by atoms with Gasteiger partial charge in [0.1, 0.15) is 41.9 Å². The number of nitrogens with one attached hydrogen (secondary N) is 2. The van der Waals surface area contributed by atoms with Gasteiger partial charge in [0.2, 0.25) is 0 Å². The molecule has 2 saturated heterocycles. The van der Waals surface area contributed by atoms with E-state index in [1.807, 2.05) is 54.7 Å². The minimum Gasteiger partial charge on any atom is -0.450 e. The molecule has 0 radical (unpaired) electrons. The first-order valence-corrected chi connectivity index (χ1v) is 17.3. The average Bonchev–Trinajstić information content (AvgIpc) is 3.63. The highest BCUT2D eigenvalue weighted by Gasteiger charge is 2.50. The molecule has 13 nitrogen and oxygen atoms in total. The molecule has 2 unspecified atom stereocenters. The Kier molecular flexibility index (Phi) is 10.7. The van der Waals surface area contributed by atoms with Crippen molar-refractivity contribution in [1.29, 1.82) is 0 Å². The maximum absolute atomic E-state index is 15.0. The third-order valence-electron chi connectivity index (χ3n) is 9.07. The summed E-state index contributed by atoms with van der Waals surface area (Å²) in [5, 5.41) is 6.49. The fraction of sp³-hybridized carbons (Fsp3) is 0.389. The number of anilines is 2. The number of benzene rings is 2. The number of hydrogen-bond acceptors (Lipinski definition) is 14. The van der Waals surface area contributed by atoms with Gasteiger partial charge in [0.15, 0.2) is 42.1 Å². The second-order valence-electron chi connectivity index (χ2n) is 12.3. The van der Waals surface area contributed by atoms with E-state index in [4.69, 9.17) is 33.2 Å². The Morgan fingerprint density at radius 3 is 1.90 bits per heavy atom. The molecule has 52 heavy (non-hydrogen) atoms. The predicted octanol–water partition coefficient (Wildman–Crippen LogP) is 5.20. The maximum atomic E-state index is 15.0. The summed E-state index contributed by atoms with van der Waals surface area (Å²) in [6.07, 6.45) is -3.49. The van der Waals surface area contributed by atoms with Gasteiger partial charge in [-0.2, -0.15) is 0 Å². The molecule has 0 bridgehead atoms. The Balaban J connectivity index is 0.000000162. The summed E-state index contributed by atoms with van der Waals surface area (Å²) in [6.45, 7) is 8.38. The molecular formula is C36H40F2N6O7S. The van der Waals surface area contributed by atoms with Crippen LogP contribution in [0.4, 0.5) is 20.2 Å². The van der Waals surface area contributed by atoms with Crippen molar-refractivity contribution in [3.05, 3.63) is 96.4 Å². The van der Waals surface area contributed by atoms with Crippen molar-refractivity contribution in [2.45, 2.75) is 54.1 Å². The van der Waals surface area contributed by atoms with Crippen LogP contribution >= 0.6 is 11.8 Å². The maximum Gasteiger partial charge on any atom is 0.186 e. The van der Waals surface area contributed by atoms with E-state index in [2.05, 4.69) is 33.8 Å². The van der Waals surface area contributed by atoms with Crippen molar-refractivity contribution < 1.29 is 41.9 Å². The normalized spacial score (nSPS) is 30.1. The molecule has 0 aliphatic carbocycles. The number of aliphatic imine (C=N–C) groups is 2. The van der Waals surface area contributed by atoms with Gasteiger partial charge in [0, 0.05) is 39.5 Å². The summed E-state index contributed by atoms with van der Waals surface area (Å²) in [5.74, 6) is 3.13. The van der Waals surface area contributed by atoms with Crippen molar-refractivity contribution in [2.75, 3.05) is 52.3 Å². The van der Waals surface area contributed by atoms with Crippen LogP contribution in [0.2, 0.25) is 0 Å². The molecule has 6 aliphatic heterocycles. The van der Waals surface area contributed by atoms with Gasteiger partial charge in [-0.1, -0.05) is 49.2 Å². The molecule has 276 valence electrons. The minimum atomic E-state index is -1.39. The number of methoxy groups -OCH3 is 4. The van der Waals surface area contributed by atoms with Crippen molar-refractivity contribution in [3.8, 4) is 5.75 Å². The van der Waals surface area contributed by atoms with Gasteiger partial charge < -0.3 is 53.6 Å². The van der Waals surface area contributed by atoms with Crippen LogP contribution in [0, 0.1) is 0 Å². The van der Waals surface area contributed by atoms with Gasteiger partial charge in [0.05, 0.1) is 35.7 Å². The fourth-order valence-electron chi connectivity index (χ4n) is 6.58. The smallest absolute Gasteiger partial charge is 0.186 e. The number of ether oxygens (including phenoxy) is 7. The highest BCUT2D eigenvalue weighted by atomic mass is 32.2. The number of fused-ring (bicyclic) bond motifs is 4. The Morgan fingerprint density at radius 2 is 1.29 bits per heavy atom. The van der Waals surface area contributed by atoms with E-state index in [1.165, 1.54) is 26.2 Å². The van der Waals surface area contributed by atoms with Crippen molar-refractivity contribution in [2.24, 2.45) is 9.98 Å². The third-order valence-corrected chi connectivity index (χ3v) is 10.2. The van der Waals surface area contributed by atoms with E-state index in [-0.39, 0.29) is 13.2 Å². The standard InChI is InChI=1S/C18H20FN3O4.C18H20FN3O3S/c1-10-20-17-13(25-12-7-5-4-6-11(12)21-17)8-22(10)18-15(19)16(24-3)14(26-18)9-23-2;1-10-20-17-14(26-13-7-5-4-6-11(13)21-17)8-22(10)18-15(19)16(24-3)12(25-18)9-23-2/h4-8,14-16,18H,1,9H2,2-3H3,(H,20,21);4-8,12,15-16,18H,1,9H2,2-3H3,(H,20,21)/t14-,15+,16?,18-;12-,15+,16?,18-/m11/s1. The molecule has 2 N–H and O–H groups in total. The Bertz CT molecular complexity index is 1700. The molecule has 0 amide bonds. The highest BCUT2D eigenvalue weighted by molar-refractivity contribution is 8.04. The first-order valence-electron chi connectivity index (χ1n) is 16.5. The largest absolute Gasteiger partial charge is 0.450 e. The summed E-state index contributed by atoms with van der Waals surface area (Å²) < 4.78 is 68.2. The van der Waals surface area contributed by atoms with Crippen LogP contribution in [-0.4, -0.2) is 112 Å². The first kappa shape index (κ1) is 36.1. The Morgan fingerprint density at radius 1 is 0.750 bits per heavy atom. The fourth-order valence-corrected chi connectivity index (χ4v) is 7.56. The Hall–Kier alpha value is -4.29. The Labute approximate surface area is 304 Å². The zero-order valence-corrected chi connectivity index (χ0v) is 29.8. The van der Waals surface area contributed by atoms with Gasteiger partial charge in [-0.15, -0.1) is 0 Å². The third kappa shape index (κ3) is 6.82. The molecule has 0 aromatic heterocycles. The topological polar surface area (TPSA) is 120 Å². The molecule has 16 heteroatoms. The lowest BCUT2D eigenvalue weighted by Crippen LogP contribution is -2.42. The zero-order chi connectivity index (χ0) is 36.5. The van der Waals surface area contributed by atoms with Gasteiger partial charge in [-0.3, -0.25) is 0 Å². The first-order chi connectivity index (χ1) is 25.2. The molecule has 8 rings (SSSR count). The molecule has 2 aromatic carbocycles. The van der Waals surface area contributed by atoms with Gasteiger partial charge in [-0.05, 0) is 24.3 Å². The van der Waals surface area contributed by atoms with Crippen LogP contribution in [0.3, 0.4) is 0 Å². The van der Waals surface area contributed by atoms with E-state index in [0.29, 0.717) is 34.8 Å². The van der Waals surface area contributed by atoms with Crippen LogP contribution in [0.5, 0.6) is 5.75 Å². The number of hydrogen-bond donors (Lipinski definition) is 2. The number of alkyl halides is 2. The van der Waals surface area contributed by atoms with Crippen LogP contribution in [0.25, 0.3) is 0 Å². The number of amidine groups is 2. The second kappa shape index (κ2) is 15.4. The van der Waals surface area contributed by atoms with Gasteiger partial charge >= 0.3 is 0 Å². The average molecular weight is 739 g/mol.